The zero-order chi connectivity index (χ0) is 11.7. The van der Waals surface area contributed by atoms with Crippen LogP contribution in [-0.2, 0) is 0 Å². The first-order valence-electron chi connectivity index (χ1n) is 4.82. The first-order valence-corrected chi connectivity index (χ1v) is 4.82. The molecule has 8 heteroatoms. The number of fused-ring (bicyclic) bond motifs is 1. The van der Waals surface area contributed by atoms with Gasteiger partial charge in [-0.1, -0.05) is 0 Å². The first-order chi connectivity index (χ1) is 8.33. The number of nitrogens with two attached hydrogens (primary N) is 1. The maximum Gasteiger partial charge on any atom is 0.221 e. The summed E-state index contributed by atoms with van der Waals surface area (Å²) < 4.78 is 0. The smallest absolute Gasteiger partial charge is 0.221 e. The first kappa shape index (κ1) is 9.46. The Bertz CT molecular complexity index is 661. The maximum atomic E-state index is 5.49. The summed E-state index contributed by atoms with van der Waals surface area (Å²) in [5, 5.41) is 10.5. The summed E-state index contributed by atoms with van der Waals surface area (Å²) in [7, 11) is 0. The van der Waals surface area contributed by atoms with Gasteiger partial charge in [0.2, 0.25) is 5.95 Å². The second-order valence-electron chi connectivity index (χ2n) is 3.28. The Morgan fingerprint density at radius 2 is 2.18 bits per heavy atom. The number of anilines is 3. The largest absolute Gasteiger partial charge is 0.368 e. The van der Waals surface area contributed by atoms with Gasteiger partial charge in [-0.2, -0.15) is 10.1 Å². The molecular formula is C9H8N8. The maximum absolute atomic E-state index is 5.49. The van der Waals surface area contributed by atoms with Crippen LogP contribution in [0.5, 0.6) is 0 Å². The van der Waals surface area contributed by atoms with E-state index in [1.807, 2.05) is 0 Å². The number of aromatic nitrogens is 6. The molecule has 17 heavy (non-hydrogen) atoms. The van der Waals surface area contributed by atoms with E-state index in [1.54, 1.807) is 18.5 Å². The van der Waals surface area contributed by atoms with E-state index >= 15 is 0 Å². The van der Waals surface area contributed by atoms with Crippen molar-refractivity contribution >= 4 is 28.6 Å². The molecule has 3 aromatic rings. The summed E-state index contributed by atoms with van der Waals surface area (Å²) in [6, 6.07) is 1.70. The van der Waals surface area contributed by atoms with Gasteiger partial charge in [-0.15, -0.1) is 0 Å². The van der Waals surface area contributed by atoms with Crippen LogP contribution >= 0.6 is 0 Å². The van der Waals surface area contributed by atoms with Gasteiger partial charge in [0, 0.05) is 6.20 Å². The summed E-state index contributed by atoms with van der Waals surface area (Å²) >= 11 is 0. The predicted molar refractivity (Wildman–Crippen MR) is 61.4 cm³/mol. The van der Waals surface area contributed by atoms with Crippen LogP contribution in [0.1, 0.15) is 0 Å². The topological polar surface area (TPSA) is 118 Å². The summed E-state index contributed by atoms with van der Waals surface area (Å²) in [6.45, 7) is 0. The second kappa shape index (κ2) is 3.67. The molecule has 84 valence electrons. The minimum absolute atomic E-state index is 0.201. The van der Waals surface area contributed by atoms with Crippen LogP contribution in [-0.4, -0.2) is 30.1 Å². The molecule has 0 amide bonds. The van der Waals surface area contributed by atoms with E-state index in [1.165, 1.54) is 6.33 Å². The Balaban J connectivity index is 2.02. The molecule has 0 spiro atoms. The van der Waals surface area contributed by atoms with Crippen LogP contribution < -0.4 is 11.1 Å². The van der Waals surface area contributed by atoms with Crippen molar-refractivity contribution in [3.8, 4) is 0 Å². The fourth-order valence-corrected chi connectivity index (χ4v) is 1.43. The highest BCUT2D eigenvalue weighted by Crippen LogP contribution is 2.19. The molecule has 0 bridgehead atoms. The van der Waals surface area contributed by atoms with Crippen molar-refractivity contribution < 1.29 is 0 Å². The van der Waals surface area contributed by atoms with Gasteiger partial charge in [0.05, 0.1) is 11.6 Å². The van der Waals surface area contributed by atoms with Crippen molar-refractivity contribution in [2.24, 2.45) is 0 Å². The number of nitrogens with zero attached hydrogens (tertiary/aromatic N) is 5. The average Bonchev–Trinajstić information content (AvgIpc) is 2.78. The number of hydrogen-bond acceptors (Lipinski definition) is 7. The van der Waals surface area contributed by atoms with Crippen LogP contribution in [0.25, 0.3) is 11.0 Å². The molecule has 0 atom stereocenters. The molecule has 0 radical (unpaired) electrons. The predicted octanol–water partition coefficient (Wildman–Crippen LogP) is 0.469. The van der Waals surface area contributed by atoms with Gasteiger partial charge in [-0.25, -0.2) is 15.0 Å². The monoisotopic (exact) mass is 228 g/mol. The highest BCUT2D eigenvalue weighted by atomic mass is 15.2. The molecule has 0 unspecified atom stereocenters. The van der Waals surface area contributed by atoms with Gasteiger partial charge in [0.15, 0.2) is 5.65 Å². The molecule has 0 aromatic carbocycles. The summed E-state index contributed by atoms with van der Waals surface area (Å²) in [5.41, 5.74) is 6.15. The number of hydrogen-bond donors (Lipinski definition) is 3. The lowest BCUT2D eigenvalue weighted by Gasteiger charge is -2.04. The molecule has 0 aliphatic carbocycles. The van der Waals surface area contributed by atoms with Gasteiger partial charge in [-0.3, -0.25) is 5.10 Å². The Kier molecular flexibility index (Phi) is 2.04. The van der Waals surface area contributed by atoms with Gasteiger partial charge in [0.25, 0.3) is 0 Å². The normalized spacial score (nSPS) is 10.6. The van der Waals surface area contributed by atoms with Gasteiger partial charge in [-0.05, 0) is 6.07 Å². The zero-order valence-corrected chi connectivity index (χ0v) is 8.62. The average molecular weight is 228 g/mol. The fraction of sp³-hybridized carbons (Fsp3) is 0. The third kappa shape index (κ3) is 1.71. The van der Waals surface area contributed by atoms with Gasteiger partial charge in [0.1, 0.15) is 18.0 Å². The van der Waals surface area contributed by atoms with E-state index in [0.29, 0.717) is 17.3 Å². The molecule has 0 saturated carbocycles. The Hall–Kier alpha value is -2.77. The van der Waals surface area contributed by atoms with Crippen LogP contribution in [0.2, 0.25) is 0 Å². The van der Waals surface area contributed by atoms with E-state index < -0.39 is 0 Å². The van der Waals surface area contributed by atoms with Crippen LogP contribution in [0.4, 0.5) is 17.6 Å². The van der Waals surface area contributed by atoms with E-state index in [0.717, 1.165) is 5.39 Å². The van der Waals surface area contributed by atoms with Crippen LogP contribution in [0, 0.1) is 0 Å². The minimum atomic E-state index is 0.201. The minimum Gasteiger partial charge on any atom is -0.368 e. The van der Waals surface area contributed by atoms with Crippen molar-refractivity contribution in [1.82, 2.24) is 30.1 Å². The van der Waals surface area contributed by atoms with Crippen LogP contribution in [0.15, 0.2) is 24.8 Å². The number of H-pyrrole nitrogens is 1. The van der Waals surface area contributed by atoms with E-state index in [4.69, 9.17) is 5.73 Å². The van der Waals surface area contributed by atoms with Crippen molar-refractivity contribution in [1.29, 1.82) is 0 Å². The van der Waals surface area contributed by atoms with Crippen molar-refractivity contribution in [2.45, 2.75) is 0 Å². The lowest BCUT2D eigenvalue weighted by molar-refractivity contribution is 1.09. The molecule has 0 fully saturated rings. The quantitative estimate of drug-likeness (QED) is 0.583. The SMILES string of the molecule is Nc1nccc(Nc2ncnc3[nH]ncc23)n1. The lowest BCUT2D eigenvalue weighted by Crippen LogP contribution is -2.00. The highest BCUT2D eigenvalue weighted by molar-refractivity contribution is 5.87. The third-order valence-corrected chi connectivity index (χ3v) is 2.17. The lowest BCUT2D eigenvalue weighted by atomic mass is 10.4. The Labute approximate surface area is 95.3 Å². The zero-order valence-electron chi connectivity index (χ0n) is 8.62. The molecule has 0 aliphatic rings. The molecule has 4 N–H and O–H groups in total. The van der Waals surface area contributed by atoms with Gasteiger partial charge >= 0.3 is 0 Å². The summed E-state index contributed by atoms with van der Waals surface area (Å²) in [5.74, 6) is 1.38. The highest BCUT2D eigenvalue weighted by Gasteiger charge is 2.06. The number of nitrogens with one attached hydrogen (secondary N) is 2. The number of nitrogen functional groups attached to an aromatic ring is 1. The molecular weight excluding hydrogens is 220 g/mol. The van der Waals surface area contributed by atoms with Crippen molar-refractivity contribution in [2.75, 3.05) is 11.1 Å². The van der Waals surface area contributed by atoms with E-state index in [9.17, 15) is 0 Å². The second-order valence-corrected chi connectivity index (χ2v) is 3.28. The summed E-state index contributed by atoms with van der Waals surface area (Å²) in [6.07, 6.45) is 4.65. The van der Waals surface area contributed by atoms with E-state index in [2.05, 4.69) is 35.5 Å². The van der Waals surface area contributed by atoms with E-state index in [-0.39, 0.29) is 5.95 Å². The summed E-state index contributed by atoms with van der Waals surface area (Å²) in [4.78, 5) is 16.0. The molecule has 0 saturated heterocycles. The Morgan fingerprint density at radius 3 is 3.06 bits per heavy atom. The van der Waals surface area contributed by atoms with Crippen molar-refractivity contribution in [3.63, 3.8) is 0 Å². The molecule has 3 aromatic heterocycles. The van der Waals surface area contributed by atoms with Crippen molar-refractivity contribution in [3.05, 3.63) is 24.8 Å². The molecule has 3 rings (SSSR count). The van der Waals surface area contributed by atoms with Crippen LogP contribution in [0.3, 0.4) is 0 Å². The third-order valence-electron chi connectivity index (χ3n) is 2.17. The number of aromatic amines is 1. The molecule has 0 aliphatic heterocycles. The standard InChI is InChI=1S/C9H8N8/c10-9-11-2-1-6(16-9)15-7-5-3-14-17-8(5)13-4-12-7/h1-4H,(H4,10,11,12,13,14,15,16,17). The Morgan fingerprint density at radius 1 is 1.24 bits per heavy atom. The fourth-order valence-electron chi connectivity index (χ4n) is 1.43. The number of rotatable bonds is 2. The van der Waals surface area contributed by atoms with Gasteiger partial charge < -0.3 is 11.1 Å². The molecule has 8 nitrogen and oxygen atoms in total. The molecule has 3 heterocycles.